The molecule has 8 aromatic rings. The highest BCUT2D eigenvalue weighted by atomic mass is 35.5. The van der Waals surface area contributed by atoms with Crippen LogP contribution in [0.25, 0.3) is 38.0 Å². The highest BCUT2D eigenvalue weighted by Crippen LogP contribution is 2.35. The molecule has 26 nitrogen and oxygen atoms in total. The van der Waals surface area contributed by atoms with Gasteiger partial charge in [0, 0.05) is 121 Å². The van der Waals surface area contributed by atoms with E-state index in [4.69, 9.17) is 83.5 Å². The van der Waals surface area contributed by atoms with Crippen LogP contribution < -0.4 is 41.1 Å². The monoisotopic (exact) mass is 1550 g/mol. The molecule has 0 spiro atoms. The first kappa shape index (κ1) is 85.5. The summed E-state index contributed by atoms with van der Waals surface area (Å²) in [4.78, 5) is 77.5. The van der Waals surface area contributed by atoms with Gasteiger partial charge in [0.1, 0.15) is 28.9 Å². The summed E-state index contributed by atoms with van der Waals surface area (Å²) in [5, 5.41) is 31.3. The zero-order valence-electron chi connectivity index (χ0n) is 61.0. The van der Waals surface area contributed by atoms with Crippen LogP contribution in [0.2, 0.25) is 6.82 Å². The fourth-order valence-electron chi connectivity index (χ4n) is 11.2. The molecule has 13 rings (SSSR count). The van der Waals surface area contributed by atoms with Crippen LogP contribution in [0.3, 0.4) is 0 Å². The van der Waals surface area contributed by atoms with Gasteiger partial charge in [-0.15, -0.1) is 35.6 Å². The SMILES string of the molecule is C1COCCN1.CB(O)Nc1ccc(OCC(=O)N2CCOCC2)c2ccccc12.Cc1ccc(-n2nc(C(C)(C)C)cc2NC(=O)Nc2ccc(OCC(=O)N3CCOCC3)c3ccccc23)cc1.Cl.Nc1ccc(OCC(=O)N2CCOCC2)c2ccccc12.O=C(CCl)N1CCOCC1.O=C(Cl)CCl. The van der Waals surface area contributed by atoms with Crippen LogP contribution in [0.15, 0.2) is 140 Å². The number of hydrogen-bond donors (Lipinski definition) is 6. The molecule has 5 fully saturated rings. The Morgan fingerprint density at radius 2 is 0.897 bits per heavy atom. The van der Waals surface area contributed by atoms with E-state index in [2.05, 4.69) is 41.9 Å². The highest BCUT2D eigenvalue weighted by molar-refractivity contribution is 6.67. The third-order valence-electron chi connectivity index (χ3n) is 16.9. The Morgan fingerprint density at radius 1 is 0.523 bits per heavy atom. The Balaban J connectivity index is 0.000000203. The second-order valence-electron chi connectivity index (χ2n) is 25.6. The van der Waals surface area contributed by atoms with Gasteiger partial charge in [0.05, 0.1) is 89.0 Å². The molecule has 576 valence electrons. The molecule has 0 aliphatic carbocycles. The molecule has 0 unspecified atom stereocenters. The Labute approximate surface area is 645 Å². The number of ether oxygens (including phenoxy) is 8. The number of amides is 6. The molecule has 6 amide bonds. The Bertz CT molecular complexity index is 4140. The summed E-state index contributed by atoms with van der Waals surface area (Å²) in [5.41, 5.74) is 10.8. The van der Waals surface area contributed by atoms with E-state index in [-0.39, 0.29) is 73.0 Å². The Hall–Kier alpha value is -8.71. The number of urea groups is 1. The van der Waals surface area contributed by atoms with E-state index in [0.29, 0.717) is 140 Å². The number of benzene rings is 7. The van der Waals surface area contributed by atoms with Crippen molar-refractivity contribution in [3.63, 3.8) is 0 Å². The van der Waals surface area contributed by atoms with Crippen molar-refractivity contribution < 1.29 is 71.7 Å². The van der Waals surface area contributed by atoms with Crippen LogP contribution >= 0.6 is 47.2 Å². The number of nitrogens with zero attached hydrogens (tertiary/aromatic N) is 6. The molecule has 31 heteroatoms. The lowest BCUT2D eigenvalue weighted by molar-refractivity contribution is -0.138. The number of nitrogens with two attached hydrogens (primary N) is 1. The average Bonchev–Trinajstić information content (AvgIpc) is 1.74. The topological polar surface area (TPSA) is 301 Å². The summed E-state index contributed by atoms with van der Waals surface area (Å²) in [5.74, 6) is 2.35. The number of carbonyl (C=O) groups is 6. The number of rotatable bonds is 16. The number of halogens is 4. The number of alkyl halides is 2. The number of fused-ring (bicyclic) bond motifs is 3. The molecule has 0 radical (unpaired) electrons. The fraction of sp³-hybridized carbons (Fsp3) is 0.408. The van der Waals surface area contributed by atoms with E-state index in [1.165, 1.54) is 0 Å². The molecule has 6 heterocycles. The van der Waals surface area contributed by atoms with Crippen molar-refractivity contribution in [2.24, 2.45) is 0 Å². The molecule has 5 saturated heterocycles. The summed E-state index contributed by atoms with van der Waals surface area (Å²) < 4.78 is 45.0. The zero-order valence-corrected chi connectivity index (χ0v) is 64.1. The minimum Gasteiger partial charge on any atom is -0.483 e. The molecule has 1 aromatic heterocycles. The van der Waals surface area contributed by atoms with Gasteiger partial charge in [0.2, 0.25) is 11.1 Å². The van der Waals surface area contributed by atoms with Gasteiger partial charge >= 0.3 is 13.1 Å². The van der Waals surface area contributed by atoms with Gasteiger partial charge in [-0.3, -0.25) is 29.3 Å². The van der Waals surface area contributed by atoms with Crippen LogP contribution in [-0.4, -0.2) is 239 Å². The molecule has 5 aliphatic heterocycles. The third kappa shape index (κ3) is 27.2. The molecule has 0 bridgehead atoms. The largest absolute Gasteiger partial charge is 0.483 e. The van der Waals surface area contributed by atoms with Crippen molar-refractivity contribution in [2.45, 2.75) is 39.9 Å². The molecule has 0 atom stereocenters. The van der Waals surface area contributed by atoms with E-state index >= 15 is 0 Å². The summed E-state index contributed by atoms with van der Waals surface area (Å²) in [6.07, 6.45) is 0. The first-order valence-corrected chi connectivity index (χ1v) is 36.6. The quantitative estimate of drug-likeness (QED) is 0.0227. The lowest BCUT2D eigenvalue weighted by Crippen LogP contribution is -2.42. The molecule has 7 aromatic carbocycles. The predicted molar refractivity (Wildman–Crippen MR) is 423 cm³/mol. The Kier molecular flexibility index (Phi) is 35.6. The normalized spacial score (nSPS) is 14.9. The van der Waals surface area contributed by atoms with Crippen LogP contribution in [-0.2, 0) is 53.1 Å². The maximum atomic E-state index is 13.2. The van der Waals surface area contributed by atoms with Gasteiger partial charge < -0.3 is 84.1 Å². The number of aryl methyl sites for hydroxylation is 1. The van der Waals surface area contributed by atoms with Gasteiger partial charge in [0.15, 0.2) is 19.8 Å². The number of nitrogens with one attached hydrogen (secondary N) is 4. The maximum Gasteiger partial charge on any atom is 0.406 e. The maximum absolute atomic E-state index is 13.2. The molecular formula is C76H96BCl4N11O15. The summed E-state index contributed by atoms with van der Waals surface area (Å²) >= 11 is 14.9. The molecule has 107 heavy (non-hydrogen) atoms. The van der Waals surface area contributed by atoms with Crippen molar-refractivity contribution in [3.05, 3.63) is 151 Å². The zero-order chi connectivity index (χ0) is 75.8. The smallest absolute Gasteiger partial charge is 0.406 e. The average molecular weight is 1560 g/mol. The predicted octanol–water partition coefficient (Wildman–Crippen LogP) is 9.87. The highest BCUT2D eigenvalue weighted by Gasteiger charge is 2.25. The molecular weight excluding hydrogens is 1460 g/mol. The first-order valence-electron chi connectivity index (χ1n) is 35.1. The second-order valence-corrected chi connectivity index (χ2v) is 26.6. The second kappa shape index (κ2) is 44.6. The van der Waals surface area contributed by atoms with Crippen LogP contribution in [0.1, 0.15) is 32.0 Å². The van der Waals surface area contributed by atoms with Crippen molar-refractivity contribution in [2.75, 3.05) is 185 Å². The van der Waals surface area contributed by atoms with Gasteiger partial charge in [-0.25, -0.2) is 9.48 Å². The lowest BCUT2D eigenvalue weighted by atomic mass is 9.87. The molecule has 5 aliphatic rings. The van der Waals surface area contributed by atoms with Crippen LogP contribution in [0.5, 0.6) is 17.2 Å². The first-order chi connectivity index (χ1) is 51.2. The number of hydrogen-bond acceptors (Lipinski definition) is 19. The molecule has 7 N–H and O–H groups in total. The third-order valence-corrected chi connectivity index (χ3v) is 17.6. The van der Waals surface area contributed by atoms with Crippen LogP contribution in [0.4, 0.5) is 27.7 Å². The number of anilines is 4. The minimum atomic E-state index is -0.650. The fourth-order valence-corrected chi connectivity index (χ4v) is 11.4. The van der Waals surface area contributed by atoms with E-state index in [1.54, 1.807) is 49.3 Å². The van der Waals surface area contributed by atoms with Crippen molar-refractivity contribution in [1.82, 2.24) is 34.7 Å². The van der Waals surface area contributed by atoms with E-state index in [0.717, 1.165) is 81.3 Å². The number of aromatic nitrogens is 2. The van der Waals surface area contributed by atoms with Crippen molar-refractivity contribution >= 4 is 144 Å². The van der Waals surface area contributed by atoms with Gasteiger partial charge in [0.25, 0.3) is 17.7 Å². The Morgan fingerprint density at radius 3 is 1.28 bits per heavy atom. The van der Waals surface area contributed by atoms with E-state index in [1.807, 2.05) is 128 Å². The van der Waals surface area contributed by atoms with Crippen molar-refractivity contribution in [3.8, 4) is 22.9 Å². The van der Waals surface area contributed by atoms with Gasteiger partial charge in [-0.05, 0) is 73.9 Å². The number of nitrogen functional groups attached to an aromatic ring is 1. The standard InChI is InChI=1S/C31H35N5O4.C17H21BN2O4.C16H18N2O3.C6H10ClNO2.C4H9NO.C2H2Cl2O.ClH/c1-21-9-11-22(12-10-21)36-28(19-27(34-36)31(2,3)4)33-30(38)32-25-13-14-26(24-8-6-5-7-23(24)25)40-20-29(37)35-15-17-39-18-16-35;1-18(22)19-15-6-7-16(14-5-3-2-4-13(14)15)24-12-17(21)20-8-10-23-11-9-20;17-14-5-6-15(13-4-2-1-3-12(13)14)21-11-16(19)18-7-9-20-10-8-18;7-5-6(9)8-1-3-10-4-2-8;1-3-6-4-2-5-1;3-1-2(4)5;/h5-14,19H,15-18,20H2,1-4H3,(H2,32,33,38);2-7,19,22H,8-12H2,1H3;1-6H,7-11,17H2;1-5H2;5H,1-4H2;1H2;1H. The summed E-state index contributed by atoms with van der Waals surface area (Å²) in [7, 11) is -0.650. The summed E-state index contributed by atoms with van der Waals surface area (Å²) in [6.45, 7) is 23.5. The summed E-state index contributed by atoms with van der Waals surface area (Å²) in [6, 6.07) is 43.5. The minimum absolute atomic E-state index is 0. The van der Waals surface area contributed by atoms with E-state index in [9.17, 15) is 33.8 Å². The lowest BCUT2D eigenvalue weighted by Gasteiger charge is -2.26. The van der Waals surface area contributed by atoms with Gasteiger partial charge in [-0.1, -0.05) is 111 Å². The number of carbonyl (C=O) groups excluding carboxylic acids is 6. The van der Waals surface area contributed by atoms with Crippen molar-refractivity contribution in [1.29, 1.82) is 0 Å². The van der Waals surface area contributed by atoms with E-state index < -0.39 is 18.3 Å². The molecule has 0 saturated carbocycles. The van der Waals surface area contributed by atoms with Crippen LogP contribution in [0, 0.1) is 6.92 Å². The number of morpholine rings is 5. The van der Waals surface area contributed by atoms with Gasteiger partial charge in [-0.2, -0.15) is 5.10 Å².